The number of nitrogens with one attached hydrogen (secondary N) is 1. The second kappa shape index (κ2) is 11.1. The van der Waals surface area contributed by atoms with Crippen LogP contribution in [0, 0.1) is 35.0 Å². The number of allylic oxidation sites excluding steroid dienone is 2. The summed E-state index contributed by atoms with van der Waals surface area (Å²) in [5.74, 6) is -19.5. The molecule has 2 rings (SSSR count). The molecule has 1 N–H and O–H groups in total. The van der Waals surface area contributed by atoms with E-state index in [-0.39, 0.29) is 24.6 Å². The van der Waals surface area contributed by atoms with Crippen molar-refractivity contribution in [2.75, 3.05) is 13.2 Å². The quantitative estimate of drug-likeness (QED) is 0.194. The fourth-order valence-corrected chi connectivity index (χ4v) is 3.15. The first-order valence-electron chi connectivity index (χ1n) is 10.2. The summed E-state index contributed by atoms with van der Waals surface area (Å²) in [6, 6.07) is 0. The number of benzene rings is 1. The number of dihydropyridines is 1. The lowest BCUT2D eigenvalue weighted by Crippen LogP contribution is -2.39. The Hall–Kier alpha value is -3.44. The van der Waals surface area contributed by atoms with Crippen LogP contribution >= 0.6 is 0 Å². The van der Waals surface area contributed by atoms with Crippen LogP contribution in [0.2, 0.25) is 0 Å². The van der Waals surface area contributed by atoms with Crippen molar-refractivity contribution in [1.29, 1.82) is 0 Å². The number of hydrogen-bond donors (Lipinski definition) is 1. The van der Waals surface area contributed by atoms with Crippen LogP contribution in [0.25, 0.3) is 0 Å². The lowest BCUT2D eigenvalue weighted by Gasteiger charge is -2.28. The molecule has 186 valence electrons. The largest absolute Gasteiger partial charge is 0.462 e. The summed E-state index contributed by atoms with van der Waals surface area (Å²) in [6.07, 6.45) is 0.816. The fourth-order valence-electron chi connectivity index (χ4n) is 3.15. The third kappa shape index (κ3) is 5.20. The molecule has 0 radical (unpaired) electrons. The average Bonchev–Trinajstić information content (AvgIpc) is 2.80. The van der Waals surface area contributed by atoms with Gasteiger partial charge in [-0.3, -0.25) is 4.79 Å². The standard InChI is InChI=1S/C22H22F5NO6/c1-5-7-32-20(29)11-9(3)28-10(4)12(21(30)33-8-6-2)13(11)22(31)34-19-17(26)15(24)14(23)16(25)18(19)27/h13,28H,5-8H2,1-4H3. The zero-order valence-electron chi connectivity index (χ0n) is 18.7. The smallest absolute Gasteiger partial charge is 0.337 e. The van der Waals surface area contributed by atoms with Gasteiger partial charge in [-0.15, -0.1) is 0 Å². The van der Waals surface area contributed by atoms with E-state index in [1.54, 1.807) is 13.8 Å². The Morgan fingerprint density at radius 2 is 1.12 bits per heavy atom. The van der Waals surface area contributed by atoms with Gasteiger partial charge in [0.1, 0.15) is 5.92 Å². The van der Waals surface area contributed by atoms with Crippen molar-refractivity contribution < 1.29 is 50.5 Å². The topological polar surface area (TPSA) is 90.9 Å². The minimum absolute atomic E-state index is 0.0463. The molecule has 1 aromatic carbocycles. The maximum atomic E-state index is 14.1. The van der Waals surface area contributed by atoms with Crippen molar-refractivity contribution in [1.82, 2.24) is 5.32 Å². The molecule has 0 saturated carbocycles. The summed E-state index contributed by atoms with van der Waals surface area (Å²) < 4.78 is 83.4. The molecule has 0 aromatic heterocycles. The van der Waals surface area contributed by atoms with Gasteiger partial charge in [-0.2, -0.15) is 8.78 Å². The monoisotopic (exact) mass is 491 g/mol. The Balaban J connectivity index is 2.61. The van der Waals surface area contributed by atoms with Crippen LogP contribution in [0.3, 0.4) is 0 Å². The molecule has 0 spiro atoms. The summed E-state index contributed by atoms with van der Waals surface area (Å²) in [5.41, 5.74) is -0.803. The van der Waals surface area contributed by atoms with E-state index in [1.165, 1.54) is 13.8 Å². The summed E-state index contributed by atoms with van der Waals surface area (Å²) >= 11 is 0. The van der Waals surface area contributed by atoms with E-state index in [2.05, 4.69) is 10.1 Å². The Bertz CT molecular complexity index is 1010. The van der Waals surface area contributed by atoms with Gasteiger partial charge in [-0.1, -0.05) is 13.8 Å². The minimum Gasteiger partial charge on any atom is -0.462 e. The molecule has 0 atom stereocenters. The number of rotatable bonds is 8. The van der Waals surface area contributed by atoms with Crippen molar-refractivity contribution in [3.05, 3.63) is 51.6 Å². The highest BCUT2D eigenvalue weighted by molar-refractivity contribution is 6.06. The molecule has 34 heavy (non-hydrogen) atoms. The Morgan fingerprint density at radius 1 is 0.735 bits per heavy atom. The molecule has 0 amide bonds. The SMILES string of the molecule is CCCOC(=O)C1=C(C)NC(C)=C(C(=O)OCCC)C1C(=O)Oc1c(F)c(F)c(F)c(F)c1F. The van der Waals surface area contributed by atoms with Gasteiger partial charge in [0.05, 0.1) is 24.4 Å². The van der Waals surface area contributed by atoms with Gasteiger partial charge in [0.2, 0.25) is 34.8 Å². The Kier molecular flexibility index (Phi) is 8.77. The van der Waals surface area contributed by atoms with E-state index in [0.717, 1.165) is 0 Å². The van der Waals surface area contributed by atoms with Gasteiger partial charge in [0.25, 0.3) is 0 Å². The molecule has 0 saturated heterocycles. The molecule has 1 aliphatic rings. The molecule has 1 aliphatic heterocycles. The van der Waals surface area contributed by atoms with Crippen LogP contribution in [0.5, 0.6) is 5.75 Å². The number of carbonyl (C=O) groups is 3. The first-order valence-corrected chi connectivity index (χ1v) is 10.2. The predicted octanol–water partition coefficient (Wildman–Crippen LogP) is 3.96. The van der Waals surface area contributed by atoms with Gasteiger partial charge < -0.3 is 19.5 Å². The summed E-state index contributed by atoms with van der Waals surface area (Å²) in [5, 5.41) is 2.72. The minimum atomic E-state index is -2.45. The van der Waals surface area contributed by atoms with Gasteiger partial charge in [-0.05, 0) is 26.7 Å². The molecule has 12 heteroatoms. The predicted molar refractivity (Wildman–Crippen MR) is 106 cm³/mol. The third-order valence-electron chi connectivity index (χ3n) is 4.68. The van der Waals surface area contributed by atoms with Crippen molar-refractivity contribution in [3.8, 4) is 5.75 Å². The molecule has 1 aromatic rings. The first-order chi connectivity index (χ1) is 16.0. The molecule has 0 aliphatic carbocycles. The van der Waals surface area contributed by atoms with Crippen molar-refractivity contribution in [2.24, 2.45) is 5.92 Å². The Labute approximate surface area is 191 Å². The molecule has 0 unspecified atom stereocenters. The van der Waals surface area contributed by atoms with E-state index in [1.807, 2.05) is 0 Å². The number of esters is 3. The second-order valence-corrected chi connectivity index (χ2v) is 7.23. The molecule has 1 heterocycles. The number of hydrogen-bond acceptors (Lipinski definition) is 7. The van der Waals surface area contributed by atoms with E-state index in [0.29, 0.717) is 12.8 Å². The normalized spacial score (nSPS) is 14.1. The van der Waals surface area contributed by atoms with Crippen LogP contribution in [-0.4, -0.2) is 31.1 Å². The van der Waals surface area contributed by atoms with Gasteiger partial charge in [0, 0.05) is 11.4 Å². The van der Waals surface area contributed by atoms with Gasteiger partial charge >= 0.3 is 17.9 Å². The van der Waals surface area contributed by atoms with E-state index >= 15 is 0 Å². The second-order valence-electron chi connectivity index (χ2n) is 7.23. The lowest BCUT2D eigenvalue weighted by molar-refractivity contribution is -0.147. The number of ether oxygens (including phenoxy) is 3. The highest BCUT2D eigenvalue weighted by atomic mass is 19.2. The van der Waals surface area contributed by atoms with Crippen LogP contribution in [0.4, 0.5) is 22.0 Å². The summed E-state index contributed by atoms with van der Waals surface area (Å²) in [6.45, 7) is 5.98. The van der Waals surface area contributed by atoms with Gasteiger partial charge in [0.15, 0.2) is 0 Å². The number of halogens is 5. The average molecular weight is 491 g/mol. The van der Waals surface area contributed by atoms with Crippen LogP contribution in [0.15, 0.2) is 22.5 Å². The van der Waals surface area contributed by atoms with Crippen molar-refractivity contribution in [2.45, 2.75) is 40.5 Å². The van der Waals surface area contributed by atoms with E-state index < -0.39 is 69.8 Å². The molecular formula is C22H22F5NO6. The van der Waals surface area contributed by atoms with Crippen molar-refractivity contribution in [3.63, 3.8) is 0 Å². The van der Waals surface area contributed by atoms with E-state index in [9.17, 15) is 36.3 Å². The maximum Gasteiger partial charge on any atom is 0.337 e. The molecule has 0 fully saturated rings. The zero-order valence-corrected chi connectivity index (χ0v) is 18.7. The third-order valence-corrected chi connectivity index (χ3v) is 4.68. The van der Waals surface area contributed by atoms with Crippen molar-refractivity contribution >= 4 is 17.9 Å². The van der Waals surface area contributed by atoms with Gasteiger partial charge in [-0.25, -0.2) is 22.8 Å². The maximum absolute atomic E-state index is 14.1. The van der Waals surface area contributed by atoms with E-state index in [4.69, 9.17) is 9.47 Å². The molecule has 7 nitrogen and oxygen atoms in total. The summed E-state index contributed by atoms with van der Waals surface area (Å²) in [4.78, 5) is 38.4. The number of carbonyl (C=O) groups excluding carboxylic acids is 3. The highest BCUT2D eigenvalue weighted by Gasteiger charge is 2.43. The lowest BCUT2D eigenvalue weighted by atomic mass is 9.85. The van der Waals surface area contributed by atoms with Crippen LogP contribution in [-0.2, 0) is 23.9 Å². The molecule has 0 bridgehead atoms. The van der Waals surface area contributed by atoms with Crippen LogP contribution in [0.1, 0.15) is 40.5 Å². The van der Waals surface area contributed by atoms with Crippen LogP contribution < -0.4 is 10.1 Å². The highest BCUT2D eigenvalue weighted by Crippen LogP contribution is 2.35. The fraction of sp³-hybridized carbons (Fsp3) is 0.409. The molecular weight excluding hydrogens is 469 g/mol. The summed E-state index contributed by atoms with van der Waals surface area (Å²) in [7, 11) is 0. The first kappa shape index (κ1) is 26.8. The Morgan fingerprint density at radius 3 is 1.50 bits per heavy atom. The zero-order chi connectivity index (χ0) is 25.7.